The van der Waals surface area contributed by atoms with E-state index in [4.69, 9.17) is 4.74 Å². The van der Waals surface area contributed by atoms with Crippen LogP contribution in [-0.4, -0.2) is 30.9 Å². The van der Waals surface area contributed by atoms with Gasteiger partial charge < -0.3 is 9.64 Å². The average molecular weight is 211 g/mol. The molecule has 1 aliphatic rings. The van der Waals surface area contributed by atoms with Crippen molar-refractivity contribution >= 4 is 5.78 Å². The number of ether oxygens (including phenoxy) is 1. The molecular weight excluding hydrogens is 190 g/mol. The molecule has 2 atom stereocenters. The van der Waals surface area contributed by atoms with Crippen molar-refractivity contribution in [2.45, 2.75) is 33.8 Å². The van der Waals surface area contributed by atoms with Gasteiger partial charge in [0.1, 0.15) is 6.10 Å². The first-order valence-corrected chi connectivity index (χ1v) is 5.45. The zero-order valence-corrected chi connectivity index (χ0v) is 10.5. The first-order valence-electron chi connectivity index (χ1n) is 5.45. The molecule has 0 aromatic carbocycles. The van der Waals surface area contributed by atoms with Crippen molar-refractivity contribution in [2.24, 2.45) is 11.8 Å². The second-order valence-corrected chi connectivity index (χ2v) is 4.80. The van der Waals surface area contributed by atoms with Crippen LogP contribution in [0.25, 0.3) is 0 Å². The van der Waals surface area contributed by atoms with E-state index in [1.165, 1.54) is 0 Å². The summed E-state index contributed by atoms with van der Waals surface area (Å²) in [6.45, 7) is 7.96. The highest BCUT2D eigenvalue weighted by atomic mass is 16.5. The van der Waals surface area contributed by atoms with E-state index >= 15 is 0 Å². The fourth-order valence-corrected chi connectivity index (χ4v) is 2.07. The Morgan fingerprint density at radius 2 is 1.87 bits per heavy atom. The molecule has 1 rings (SSSR count). The summed E-state index contributed by atoms with van der Waals surface area (Å²) in [6.07, 6.45) is -0.00130. The molecule has 3 nitrogen and oxygen atoms in total. The van der Waals surface area contributed by atoms with Crippen molar-refractivity contribution in [1.82, 2.24) is 4.90 Å². The molecule has 0 aromatic heterocycles. The maximum atomic E-state index is 12.0. The van der Waals surface area contributed by atoms with E-state index in [1.807, 2.05) is 32.8 Å². The van der Waals surface area contributed by atoms with Crippen LogP contribution >= 0.6 is 0 Å². The number of rotatable bonds is 2. The Morgan fingerprint density at radius 1 is 1.33 bits per heavy atom. The van der Waals surface area contributed by atoms with Gasteiger partial charge in [0.05, 0.1) is 11.5 Å². The van der Waals surface area contributed by atoms with Gasteiger partial charge in [0.15, 0.2) is 11.7 Å². The standard InChI is InChI=1S/C12H21NO2/c1-7(2)11-8(3)10(14)9(4)12(15-11)13(5)6/h7-8,11H,1-6H3/t8-,11-/m0/s1. The van der Waals surface area contributed by atoms with Crippen LogP contribution in [0.15, 0.2) is 11.5 Å². The van der Waals surface area contributed by atoms with E-state index in [1.54, 1.807) is 0 Å². The van der Waals surface area contributed by atoms with Gasteiger partial charge in [-0.05, 0) is 12.8 Å². The number of hydrogen-bond acceptors (Lipinski definition) is 3. The number of hydrogen-bond donors (Lipinski definition) is 0. The Morgan fingerprint density at radius 3 is 2.27 bits per heavy atom. The lowest BCUT2D eigenvalue weighted by molar-refractivity contribution is -0.128. The van der Waals surface area contributed by atoms with Gasteiger partial charge in [-0.2, -0.15) is 0 Å². The van der Waals surface area contributed by atoms with Gasteiger partial charge in [0.25, 0.3) is 0 Å². The number of ketones is 1. The minimum Gasteiger partial charge on any atom is -0.474 e. The van der Waals surface area contributed by atoms with E-state index in [0.29, 0.717) is 5.92 Å². The number of Topliss-reactive ketones (excluding diaryl/α,β-unsaturated/α-hetero) is 1. The van der Waals surface area contributed by atoms with E-state index in [2.05, 4.69) is 13.8 Å². The Balaban J connectivity index is 3.04. The SMILES string of the molecule is CC1=C(N(C)C)O[C@@H](C(C)C)[C@@H](C)C1=O. The molecule has 0 fully saturated rings. The maximum absolute atomic E-state index is 12.0. The average Bonchev–Trinajstić information content (AvgIpc) is 2.13. The van der Waals surface area contributed by atoms with Gasteiger partial charge in [-0.15, -0.1) is 0 Å². The minimum absolute atomic E-state index is 0.00130. The molecule has 0 aromatic rings. The Hall–Kier alpha value is -0.990. The summed E-state index contributed by atoms with van der Waals surface area (Å²) in [6, 6.07) is 0. The predicted octanol–water partition coefficient (Wildman–Crippen LogP) is 2.04. The smallest absolute Gasteiger partial charge is 0.195 e. The topological polar surface area (TPSA) is 29.5 Å². The fraction of sp³-hybridized carbons (Fsp3) is 0.750. The van der Waals surface area contributed by atoms with E-state index in [0.717, 1.165) is 11.5 Å². The van der Waals surface area contributed by atoms with Gasteiger partial charge in [-0.25, -0.2) is 0 Å². The summed E-state index contributed by atoms with van der Waals surface area (Å²) in [5.41, 5.74) is 0.740. The van der Waals surface area contributed by atoms with Crippen LogP contribution in [0.2, 0.25) is 0 Å². The minimum atomic E-state index is -0.0336. The molecule has 15 heavy (non-hydrogen) atoms. The zero-order valence-electron chi connectivity index (χ0n) is 10.5. The van der Waals surface area contributed by atoms with Crippen molar-refractivity contribution in [2.75, 3.05) is 14.1 Å². The highest BCUT2D eigenvalue weighted by Gasteiger charge is 2.36. The Labute approximate surface area is 92.1 Å². The lowest BCUT2D eigenvalue weighted by Gasteiger charge is -2.36. The molecule has 0 saturated carbocycles. The summed E-state index contributed by atoms with van der Waals surface area (Å²) < 4.78 is 5.89. The second-order valence-electron chi connectivity index (χ2n) is 4.80. The third-order valence-electron chi connectivity index (χ3n) is 2.91. The van der Waals surface area contributed by atoms with Crippen LogP contribution in [0.5, 0.6) is 0 Å². The van der Waals surface area contributed by atoms with Crippen LogP contribution in [-0.2, 0) is 9.53 Å². The fourth-order valence-electron chi connectivity index (χ4n) is 2.07. The molecule has 0 aliphatic carbocycles. The summed E-state index contributed by atoms with van der Waals surface area (Å²) in [5, 5.41) is 0. The predicted molar refractivity (Wildman–Crippen MR) is 60.3 cm³/mol. The molecule has 0 radical (unpaired) electrons. The molecule has 0 bridgehead atoms. The normalized spacial score (nSPS) is 27.0. The van der Waals surface area contributed by atoms with Gasteiger partial charge in [0, 0.05) is 14.1 Å². The first kappa shape index (κ1) is 12.1. The van der Waals surface area contributed by atoms with Crippen molar-refractivity contribution in [3.05, 3.63) is 11.5 Å². The summed E-state index contributed by atoms with van der Waals surface area (Å²) in [7, 11) is 3.80. The molecule has 0 spiro atoms. The van der Waals surface area contributed by atoms with Crippen molar-refractivity contribution in [1.29, 1.82) is 0 Å². The third-order valence-corrected chi connectivity index (χ3v) is 2.91. The largest absolute Gasteiger partial charge is 0.474 e. The molecule has 0 unspecified atom stereocenters. The van der Waals surface area contributed by atoms with Crippen LogP contribution in [0, 0.1) is 11.8 Å². The summed E-state index contributed by atoms with van der Waals surface area (Å²) in [5.74, 6) is 1.25. The van der Waals surface area contributed by atoms with E-state index in [-0.39, 0.29) is 17.8 Å². The van der Waals surface area contributed by atoms with Crippen LogP contribution < -0.4 is 0 Å². The quantitative estimate of drug-likeness (QED) is 0.700. The third kappa shape index (κ3) is 2.16. The molecule has 1 heterocycles. The van der Waals surface area contributed by atoms with Crippen molar-refractivity contribution < 1.29 is 9.53 Å². The zero-order chi connectivity index (χ0) is 11.7. The molecule has 86 valence electrons. The van der Waals surface area contributed by atoms with Gasteiger partial charge in [0.2, 0.25) is 0 Å². The van der Waals surface area contributed by atoms with Crippen LogP contribution in [0.1, 0.15) is 27.7 Å². The highest BCUT2D eigenvalue weighted by Crippen LogP contribution is 2.30. The Bertz CT molecular complexity index is 292. The molecular formula is C12H21NO2. The number of carbonyl (C=O) groups excluding carboxylic acids is 1. The molecule has 0 saturated heterocycles. The van der Waals surface area contributed by atoms with Crippen molar-refractivity contribution in [3.8, 4) is 0 Å². The number of carbonyl (C=O) groups is 1. The molecule has 1 aliphatic heterocycles. The van der Waals surface area contributed by atoms with Gasteiger partial charge >= 0.3 is 0 Å². The molecule has 3 heteroatoms. The van der Waals surface area contributed by atoms with Crippen LogP contribution in [0.3, 0.4) is 0 Å². The molecule has 0 N–H and O–H groups in total. The Kier molecular flexibility index (Phi) is 3.42. The van der Waals surface area contributed by atoms with E-state index in [9.17, 15) is 4.79 Å². The van der Waals surface area contributed by atoms with Gasteiger partial charge in [-0.1, -0.05) is 20.8 Å². The van der Waals surface area contributed by atoms with Crippen LogP contribution in [0.4, 0.5) is 0 Å². The number of nitrogens with zero attached hydrogens (tertiary/aromatic N) is 1. The second kappa shape index (κ2) is 4.25. The van der Waals surface area contributed by atoms with Gasteiger partial charge in [-0.3, -0.25) is 4.79 Å². The number of allylic oxidation sites excluding steroid dienone is 1. The summed E-state index contributed by atoms with van der Waals surface area (Å²) in [4.78, 5) is 13.9. The maximum Gasteiger partial charge on any atom is 0.195 e. The first-order chi connectivity index (χ1) is 6.86. The highest BCUT2D eigenvalue weighted by molar-refractivity contribution is 5.97. The summed E-state index contributed by atoms with van der Waals surface area (Å²) >= 11 is 0. The van der Waals surface area contributed by atoms with E-state index < -0.39 is 0 Å². The van der Waals surface area contributed by atoms with Crippen molar-refractivity contribution in [3.63, 3.8) is 0 Å². The lowest BCUT2D eigenvalue weighted by atomic mass is 9.86. The molecule has 0 amide bonds. The lowest BCUT2D eigenvalue weighted by Crippen LogP contribution is -2.40. The monoisotopic (exact) mass is 211 g/mol.